The number of aromatic nitrogens is 4. The molecular formula is C18H19N5O4. The Balaban J connectivity index is 0.000000465. The number of nitrogens with one attached hydrogen (secondary N) is 1. The molecule has 0 spiro atoms. The first-order valence-electron chi connectivity index (χ1n) is 8.15. The Morgan fingerprint density at radius 1 is 1.07 bits per heavy atom. The third-order valence-electron chi connectivity index (χ3n) is 3.46. The van der Waals surface area contributed by atoms with E-state index in [1.165, 1.54) is 0 Å². The van der Waals surface area contributed by atoms with Gasteiger partial charge in [0.2, 0.25) is 0 Å². The van der Waals surface area contributed by atoms with Crippen LogP contribution in [0.25, 0.3) is 22.3 Å². The normalized spacial score (nSPS) is 11.2. The highest BCUT2D eigenvalue weighted by molar-refractivity contribution is 5.91. The standard InChI is InChI=1S/C15H13N5O2.C3H6O2/c1-9(15(21)22)18-14-11-4-7-17-8-12(11)19-13(20-14)10-2-5-16-6-3-10;1-2-3(4)5/h2-9H,1H3,(H,21,22)(H,18,19,20);2H2,1H3,(H,4,5). The zero-order valence-electron chi connectivity index (χ0n) is 14.8. The Bertz CT molecular complexity index is 933. The number of hydrogen-bond donors (Lipinski definition) is 3. The molecule has 140 valence electrons. The number of pyridine rings is 2. The van der Waals surface area contributed by atoms with Gasteiger partial charge in [-0.1, -0.05) is 6.92 Å². The number of anilines is 1. The van der Waals surface area contributed by atoms with Gasteiger partial charge in [-0.05, 0) is 25.1 Å². The van der Waals surface area contributed by atoms with Gasteiger partial charge in [0.15, 0.2) is 5.82 Å². The molecule has 0 fully saturated rings. The highest BCUT2D eigenvalue weighted by Gasteiger charge is 2.15. The quantitative estimate of drug-likeness (QED) is 0.619. The van der Waals surface area contributed by atoms with Gasteiger partial charge in [-0.3, -0.25) is 19.6 Å². The predicted octanol–water partition coefficient (Wildman–Crippen LogP) is 2.45. The molecule has 0 aromatic carbocycles. The third-order valence-corrected chi connectivity index (χ3v) is 3.46. The fraction of sp³-hybridized carbons (Fsp3) is 0.222. The molecule has 1 atom stereocenters. The van der Waals surface area contributed by atoms with E-state index in [-0.39, 0.29) is 6.42 Å². The second kappa shape index (κ2) is 9.18. The maximum absolute atomic E-state index is 11.1. The van der Waals surface area contributed by atoms with Gasteiger partial charge in [0.05, 0.1) is 11.7 Å². The molecule has 1 unspecified atom stereocenters. The van der Waals surface area contributed by atoms with Gasteiger partial charge in [0.25, 0.3) is 0 Å². The molecule has 0 aliphatic rings. The summed E-state index contributed by atoms with van der Waals surface area (Å²) >= 11 is 0. The second-order valence-corrected chi connectivity index (χ2v) is 5.48. The average molecular weight is 369 g/mol. The van der Waals surface area contributed by atoms with Crippen LogP contribution < -0.4 is 5.32 Å². The molecule has 3 heterocycles. The number of carboxylic acids is 2. The fourth-order valence-electron chi connectivity index (χ4n) is 1.99. The monoisotopic (exact) mass is 369 g/mol. The first-order chi connectivity index (χ1) is 12.9. The summed E-state index contributed by atoms with van der Waals surface area (Å²) in [5.74, 6) is -0.742. The zero-order valence-corrected chi connectivity index (χ0v) is 14.8. The van der Waals surface area contributed by atoms with E-state index in [9.17, 15) is 9.59 Å². The van der Waals surface area contributed by atoms with Crippen molar-refractivity contribution in [2.24, 2.45) is 0 Å². The minimum absolute atomic E-state index is 0.222. The lowest BCUT2D eigenvalue weighted by atomic mass is 10.2. The molecular weight excluding hydrogens is 350 g/mol. The molecule has 3 rings (SSSR count). The fourth-order valence-corrected chi connectivity index (χ4v) is 1.99. The van der Waals surface area contributed by atoms with Crippen LogP contribution in [-0.2, 0) is 9.59 Å². The van der Waals surface area contributed by atoms with Crippen LogP contribution in [0.5, 0.6) is 0 Å². The molecule has 0 aliphatic heterocycles. The minimum atomic E-state index is -0.953. The van der Waals surface area contributed by atoms with Crippen LogP contribution in [0, 0.1) is 0 Å². The average Bonchev–Trinajstić information content (AvgIpc) is 2.68. The highest BCUT2D eigenvalue weighted by Crippen LogP contribution is 2.24. The van der Waals surface area contributed by atoms with E-state index < -0.39 is 18.0 Å². The molecule has 0 bridgehead atoms. The largest absolute Gasteiger partial charge is 0.481 e. The van der Waals surface area contributed by atoms with Crippen molar-refractivity contribution in [2.75, 3.05) is 5.32 Å². The molecule has 3 aromatic rings. The van der Waals surface area contributed by atoms with E-state index in [2.05, 4.69) is 25.3 Å². The molecule has 0 radical (unpaired) electrons. The number of hydrogen-bond acceptors (Lipinski definition) is 7. The van der Waals surface area contributed by atoms with Gasteiger partial charge >= 0.3 is 11.9 Å². The van der Waals surface area contributed by atoms with Crippen LogP contribution in [-0.4, -0.2) is 48.1 Å². The number of nitrogens with zero attached hydrogens (tertiary/aromatic N) is 4. The van der Waals surface area contributed by atoms with Crippen molar-refractivity contribution in [3.8, 4) is 11.4 Å². The van der Waals surface area contributed by atoms with Crippen molar-refractivity contribution in [2.45, 2.75) is 26.3 Å². The smallest absolute Gasteiger partial charge is 0.325 e. The van der Waals surface area contributed by atoms with Crippen molar-refractivity contribution in [1.29, 1.82) is 0 Å². The molecule has 3 aromatic heterocycles. The number of carboxylic acid groups (broad SMARTS) is 2. The summed E-state index contributed by atoms with van der Waals surface area (Å²) < 4.78 is 0. The van der Waals surface area contributed by atoms with Gasteiger partial charge in [-0.2, -0.15) is 0 Å². The topological polar surface area (TPSA) is 138 Å². The van der Waals surface area contributed by atoms with Crippen molar-refractivity contribution < 1.29 is 19.8 Å². The summed E-state index contributed by atoms with van der Waals surface area (Å²) in [7, 11) is 0. The highest BCUT2D eigenvalue weighted by atomic mass is 16.4. The van der Waals surface area contributed by atoms with Crippen molar-refractivity contribution in [3.05, 3.63) is 43.0 Å². The molecule has 0 saturated carbocycles. The summed E-state index contributed by atoms with van der Waals surface area (Å²) in [4.78, 5) is 37.4. The van der Waals surface area contributed by atoms with E-state index >= 15 is 0 Å². The van der Waals surface area contributed by atoms with E-state index in [0.717, 1.165) is 10.9 Å². The Kier molecular flexibility index (Phi) is 6.70. The first-order valence-corrected chi connectivity index (χ1v) is 8.15. The van der Waals surface area contributed by atoms with Crippen LogP contribution in [0.2, 0.25) is 0 Å². The minimum Gasteiger partial charge on any atom is -0.481 e. The lowest BCUT2D eigenvalue weighted by molar-refractivity contribution is -0.138. The van der Waals surface area contributed by atoms with Crippen LogP contribution >= 0.6 is 0 Å². The molecule has 9 nitrogen and oxygen atoms in total. The summed E-state index contributed by atoms with van der Waals surface area (Å²) in [5, 5.41) is 20.4. The van der Waals surface area contributed by atoms with E-state index in [4.69, 9.17) is 10.2 Å². The van der Waals surface area contributed by atoms with Crippen LogP contribution in [0.15, 0.2) is 43.0 Å². The lowest BCUT2D eigenvalue weighted by Gasteiger charge is -2.13. The van der Waals surface area contributed by atoms with E-state index in [0.29, 0.717) is 17.2 Å². The summed E-state index contributed by atoms with van der Waals surface area (Å²) in [6.07, 6.45) is 6.77. The third kappa shape index (κ3) is 5.43. The van der Waals surface area contributed by atoms with Crippen LogP contribution in [0.4, 0.5) is 5.82 Å². The Morgan fingerprint density at radius 3 is 2.30 bits per heavy atom. The van der Waals surface area contributed by atoms with Gasteiger partial charge in [0, 0.05) is 36.0 Å². The van der Waals surface area contributed by atoms with Crippen LogP contribution in [0.3, 0.4) is 0 Å². The van der Waals surface area contributed by atoms with Crippen molar-refractivity contribution in [3.63, 3.8) is 0 Å². The molecule has 0 aliphatic carbocycles. The van der Waals surface area contributed by atoms with Gasteiger partial charge in [0.1, 0.15) is 11.9 Å². The van der Waals surface area contributed by atoms with Crippen molar-refractivity contribution >= 4 is 28.7 Å². The maximum Gasteiger partial charge on any atom is 0.325 e. The summed E-state index contributed by atoms with van der Waals surface area (Å²) in [5.41, 5.74) is 1.44. The molecule has 0 saturated heterocycles. The second-order valence-electron chi connectivity index (χ2n) is 5.48. The molecule has 3 N–H and O–H groups in total. The van der Waals surface area contributed by atoms with Gasteiger partial charge < -0.3 is 15.5 Å². The maximum atomic E-state index is 11.1. The van der Waals surface area contributed by atoms with Crippen molar-refractivity contribution in [1.82, 2.24) is 19.9 Å². The van der Waals surface area contributed by atoms with E-state index in [1.807, 2.05) is 0 Å². The molecule has 9 heteroatoms. The lowest BCUT2D eigenvalue weighted by Crippen LogP contribution is -2.26. The number of aliphatic carboxylic acids is 2. The van der Waals surface area contributed by atoms with Gasteiger partial charge in [-0.15, -0.1) is 0 Å². The zero-order chi connectivity index (χ0) is 19.8. The Hall–Kier alpha value is -3.62. The van der Waals surface area contributed by atoms with Gasteiger partial charge in [-0.25, -0.2) is 9.97 Å². The number of carbonyl (C=O) groups is 2. The first kappa shape index (κ1) is 19.7. The summed E-state index contributed by atoms with van der Waals surface area (Å²) in [6.45, 7) is 3.16. The Labute approximate surface area is 155 Å². The Morgan fingerprint density at radius 2 is 1.70 bits per heavy atom. The SMILES string of the molecule is CC(Nc1nc(-c2ccncc2)nc2cnccc12)C(=O)O.CCC(=O)O. The number of rotatable bonds is 5. The van der Waals surface area contributed by atoms with E-state index in [1.54, 1.807) is 56.8 Å². The number of fused-ring (bicyclic) bond motifs is 1. The molecule has 27 heavy (non-hydrogen) atoms. The predicted molar refractivity (Wildman–Crippen MR) is 99.2 cm³/mol. The molecule has 0 amide bonds. The van der Waals surface area contributed by atoms with Crippen LogP contribution in [0.1, 0.15) is 20.3 Å². The summed E-state index contributed by atoms with van der Waals surface area (Å²) in [6, 6.07) is 4.57.